The minimum Gasteiger partial charge on any atom is -0.387 e. The fourth-order valence-corrected chi connectivity index (χ4v) is 1.02. The molecule has 2 atom stereocenters. The lowest BCUT2D eigenvalue weighted by molar-refractivity contribution is 0.192. The molecule has 1 rings (SSSR count). The van der Waals surface area contributed by atoms with Crippen LogP contribution in [0, 0.1) is 0 Å². The van der Waals surface area contributed by atoms with Gasteiger partial charge in [0, 0.05) is 0 Å². The topological polar surface area (TPSA) is 46.2 Å². The lowest BCUT2D eigenvalue weighted by atomic mass is 10.0. The summed E-state index contributed by atoms with van der Waals surface area (Å²) in [6, 6.07) is 9.10. The quantitative estimate of drug-likeness (QED) is 0.658. The van der Waals surface area contributed by atoms with E-state index in [9.17, 15) is 5.11 Å². The van der Waals surface area contributed by atoms with Crippen molar-refractivity contribution in [3.63, 3.8) is 0 Å². The van der Waals surface area contributed by atoms with E-state index in [0.29, 0.717) is 0 Å². The van der Waals surface area contributed by atoms with Crippen molar-refractivity contribution in [1.82, 2.24) is 0 Å². The molecule has 2 heteroatoms. The van der Waals surface area contributed by atoms with Gasteiger partial charge in [-0.2, -0.15) is 0 Å². The lowest BCUT2D eigenvalue weighted by Crippen LogP contribution is -2.23. The number of hydrogen-bond acceptors (Lipinski definition) is 2. The van der Waals surface area contributed by atoms with Crippen molar-refractivity contribution in [2.45, 2.75) is 12.1 Å². The molecule has 0 saturated heterocycles. The van der Waals surface area contributed by atoms with Gasteiger partial charge in [0.2, 0.25) is 0 Å². The molecule has 0 aromatic heterocycles. The zero-order chi connectivity index (χ0) is 8.97. The Labute approximate surface area is 72.3 Å². The van der Waals surface area contributed by atoms with Gasteiger partial charge in [-0.3, -0.25) is 0 Å². The van der Waals surface area contributed by atoms with E-state index in [4.69, 9.17) is 5.73 Å². The van der Waals surface area contributed by atoms with Crippen LogP contribution >= 0.6 is 0 Å². The minimum atomic E-state index is -0.674. The van der Waals surface area contributed by atoms with Gasteiger partial charge in [0.15, 0.2) is 0 Å². The normalized spacial score (nSPS) is 15.2. The smallest absolute Gasteiger partial charge is 0.0910 e. The maximum Gasteiger partial charge on any atom is 0.0910 e. The highest BCUT2D eigenvalue weighted by atomic mass is 16.3. The van der Waals surface area contributed by atoms with Gasteiger partial charge in [0.25, 0.3) is 0 Å². The summed E-state index contributed by atoms with van der Waals surface area (Å²) in [5.41, 5.74) is 6.65. The lowest BCUT2D eigenvalue weighted by Gasteiger charge is -2.15. The van der Waals surface area contributed by atoms with Gasteiger partial charge >= 0.3 is 0 Å². The highest BCUT2D eigenvalue weighted by molar-refractivity contribution is 5.20. The summed E-state index contributed by atoms with van der Waals surface area (Å²) in [4.78, 5) is 0. The first-order valence-electron chi connectivity index (χ1n) is 3.87. The molecule has 1 aromatic rings. The number of rotatable bonds is 3. The summed E-state index contributed by atoms with van der Waals surface area (Å²) in [7, 11) is 0. The number of nitrogens with two attached hydrogens (primary N) is 1. The number of aliphatic hydroxyl groups is 1. The van der Waals surface area contributed by atoms with Crippen LogP contribution in [-0.2, 0) is 0 Å². The molecular weight excluding hydrogens is 150 g/mol. The van der Waals surface area contributed by atoms with Crippen molar-refractivity contribution in [3.05, 3.63) is 48.6 Å². The Hall–Kier alpha value is -1.12. The summed E-state index contributed by atoms with van der Waals surface area (Å²) in [5, 5.41) is 9.34. The maximum atomic E-state index is 9.34. The van der Waals surface area contributed by atoms with E-state index in [1.54, 1.807) is 0 Å². The fraction of sp³-hybridized carbons (Fsp3) is 0.200. The molecule has 0 aliphatic heterocycles. The number of benzene rings is 1. The molecule has 2 unspecified atom stereocenters. The highest BCUT2D eigenvalue weighted by Crippen LogP contribution is 2.13. The Morgan fingerprint density at radius 2 is 1.92 bits per heavy atom. The largest absolute Gasteiger partial charge is 0.387 e. The van der Waals surface area contributed by atoms with Gasteiger partial charge in [-0.05, 0) is 5.56 Å². The van der Waals surface area contributed by atoms with Crippen LogP contribution in [-0.4, -0.2) is 11.2 Å². The van der Waals surface area contributed by atoms with E-state index >= 15 is 0 Å². The van der Waals surface area contributed by atoms with Crippen molar-refractivity contribution in [1.29, 1.82) is 0 Å². The Morgan fingerprint density at radius 1 is 1.33 bits per heavy atom. The van der Waals surface area contributed by atoms with E-state index in [-0.39, 0.29) is 6.04 Å². The van der Waals surface area contributed by atoms with Gasteiger partial charge in [-0.15, -0.1) is 6.58 Å². The van der Waals surface area contributed by atoms with Crippen molar-refractivity contribution < 1.29 is 5.11 Å². The Kier molecular flexibility index (Phi) is 3.02. The average Bonchev–Trinajstić information content (AvgIpc) is 2.17. The van der Waals surface area contributed by atoms with E-state index in [1.807, 2.05) is 30.3 Å². The third kappa shape index (κ3) is 1.94. The third-order valence-corrected chi connectivity index (χ3v) is 1.79. The maximum absolute atomic E-state index is 9.34. The Bertz CT molecular complexity index is 245. The molecule has 1 aromatic carbocycles. The first kappa shape index (κ1) is 8.97. The highest BCUT2D eigenvalue weighted by Gasteiger charge is 2.11. The Balaban J connectivity index is 2.78. The third-order valence-electron chi connectivity index (χ3n) is 1.79. The van der Waals surface area contributed by atoms with Crippen molar-refractivity contribution in [2.75, 3.05) is 0 Å². The fourth-order valence-electron chi connectivity index (χ4n) is 1.02. The van der Waals surface area contributed by atoms with Crippen LogP contribution in [0.25, 0.3) is 0 Å². The molecule has 3 N–H and O–H groups in total. The molecule has 0 saturated carbocycles. The van der Waals surface area contributed by atoms with Crippen LogP contribution < -0.4 is 5.73 Å². The zero-order valence-corrected chi connectivity index (χ0v) is 6.85. The van der Waals surface area contributed by atoms with E-state index in [0.717, 1.165) is 5.56 Å². The van der Waals surface area contributed by atoms with Gasteiger partial charge in [0.05, 0.1) is 12.1 Å². The van der Waals surface area contributed by atoms with Crippen molar-refractivity contribution in [3.8, 4) is 0 Å². The first-order chi connectivity index (χ1) is 5.75. The molecule has 0 aliphatic rings. The number of aliphatic hydroxyl groups excluding tert-OH is 1. The minimum absolute atomic E-state index is 0.372. The first-order valence-corrected chi connectivity index (χ1v) is 3.87. The summed E-state index contributed by atoms with van der Waals surface area (Å²) in [5.74, 6) is 0. The second-order valence-electron chi connectivity index (χ2n) is 2.66. The molecule has 0 aliphatic carbocycles. The molecule has 0 amide bonds. The summed E-state index contributed by atoms with van der Waals surface area (Å²) >= 11 is 0. The standard InChI is InChI=1S/C10H13NO/c1-2-9(12)10(11)8-6-4-3-5-7-8/h2-7,9-10,12H,1,11H2. The van der Waals surface area contributed by atoms with E-state index in [1.165, 1.54) is 6.08 Å². The second-order valence-corrected chi connectivity index (χ2v) is 2.66. The van der Waals surface area contributed by atoms with Crippen LogP contribution in [0.15, 0.2) is 43.0 Å². The van der Waals surface area contributed by atoms with Crippen molar-refractivity contribution in [2.24, 2.45) is 5.73 Å². The van der Waals surface area contributed by atoms with Gasteiger partial charge in [0.1, 0.15) is 0 Å². The zero-order valence-electron chi connectivity index (χ0n) is 6.85. The van der Waals surface area contributed by atoms with Crippen LogP contribution in [0.5, 0.6) is 0 Å². The summed E-state index contributed by atoms with van der Waals surface area (Å²) < 4.78 is 0. The molecule has 0 fully saturated rings. The molecule has 0 bridgehead atoms. The van der Waals surface area contributed by atoms with Gasteiger partial charge < -0.3 is 10.8 Å². The van der Waals surface area contributed by atoms with E-state index in [2.05, 4.69) is 6.58 Å². The average molecular weight is 163 g/mol. The molecule has 64 valence electrons. The molecule has 12 heavy (non-hydrogen) atoms. The molecule has 2 nitrogen and oxygen atoms in total. The monoisotopic (exact) mass is 163 g/mol. The van der Waals surface area contributed by atoms with Gasteiger partial charge in [-0.1, -0.05) is 36.4 Å². The SMILES string of the molecule is C=CC(O)C(N)c1ccccc1. The molecule has 0 spiro atoms. The van der Waals surface area contributed by atoms with Crippen LogP contribution in [0.1, 0.15) is 11.6 Å². The van der Waals surface area contributed by atoms with Crippen LogP contribution in [0.3, 0.4) is 0 Å². The predicted octanol–water partition coefficient (Wildman–Crippen LogP) is 1.23. The molecular formula is C10H13NO. The van der Waals surface area contributed by atoms with Crippen LogP contribution in [0.4, 0.5) is 0 Å². The van der Waals surface area contributed by atoms with Crippen LogP contribution in [0.2, 0.25) is 0 Å². The predicted molar refractivity (Wildman–Crippen MR) is 49.6 cm³/mol. The Morgan fingerprint density at radius 3 is 2.42 bits per heavy atom. The summed E-state index contributed by atoms with van der Waals surface area (Å²) in [6.45, 7) is 3.48. The second kappa shape index (κ2) is 4.04. The summed E-state index contributed by atoms with van der Waals surface area (Å²) in [6.07, 6.45) is 0.768. The number of hydrogen-bond donors (Lipinski definition) is 2. The molecule has 0 radical (unpaired) electrons. The van der Waals surface area contributed by atoms with E-state index < -0.39 is 6.10 Å². The van der Waals surface area contributed by atoms with Gasteiger partial charge in [-0.25, -0.2) is 0 Å². The van der Waals surface area contributed by atoms with Crippen molar-refractivity contribution >= 4 is 0 Å². The molecule has 0 heterocycles.